The van der Waals surface area contributed by atoms with Crippen LogP contribution in [0.25, 0.3) is 0 Å². The van der Waals surface area contributed by atoms with Crippen LogP contribution >= 0.6 is 0 Å². The number of likely N-dealkylation sites (N-methyl/N-ethyl adjacent to an activating group) is 1. The lowest BCUT2D eigenvalue weighted by molar-refractivity contribution is -0.274. The molecular formula is C20H28F3N3O4S. The SMILES string of the molecule is CC(CNC(=O)C1CCN(S(=O)(=O)c2cccc(OC(F)(F)F)c2)CC1)N(C)C1CC1. The van der Waals surface area contributed by atoms with Crippen LogP contribution in [0.2, 0.25) is 0 Å². The summed E-state index contributed by atoms with van der Waals surface area (Å²) >= 11 is 0. The number of nitrogens with one attached hydrogen (secondary N) is 1. The number of piperidine rings is 1. The molecule has 0 aromatic heterocycles. The number of carbonyl (C=O) groups is 1. The zero-order valence-electron chi connectivity index (χ0n) is 17.6. The largest absolute Gasteiger partial charge is 0.573 e. The van der Waals surface area contributed by atoms with E-state index in [0.717, 1.165) is 12.1 Å². The molecule has 1 atom stereocenters. The Morgan fingerprint density at radius 3 is 2.48 bits per heavy atom. The van der Waals surface area contributed by atoms with E-state index in [1.54, 1.807) is 0 Å². The van der Waals surface area contributed by atoms with E-state index in [1.165, 1.54) is 29.3 Å². The van der Waals surface area contributed by atoms with Crippen molar-refractivity contribution in [2.45, 2.75) is 55.9 Å². The topological polar surface area (TPSA) is 79.0 Å². The first-order valence-electron chi connectivity index (χ1n) is 10.3. The molecule has 1 unspecified atom stereocenters. The van der Waals surface area contributed by atoms with E-state index in [2.05, 4.69) is 21.9 Å². The van der Waals surface area contributed by atoms with Crippen molar-refractivity contribution in [3.63, 3.8) is 0 Å². The maximum Gasteiger partial charge on any atom is 0.573 e. The monoisotopic (exact) mass is 463 g/mol. The van der Waals surface area contributed by atoms with Gasteiger partial charge < -0.3 is 10.1 Å². The van der Waals surface area contributed by atoms with Crippen LogP contribution in [0.15, 0.2) is 29.2 Å². The molecule has 1 saturated heterocycles. The summed E-state index contributed by atoms with van der Waals surface area (Å²) in [4.78, 5) is 14.5. The molecule has 2 aliphatic rings. The minimum atomic E-state index is -4.90. The van der Waals surface area contributed by atoms with Gasteiger partial charge in [0.1, 0.15) is 5.75 Å². The normalized spacial score (nSPS) is 19.9. The summed E-state index contributed by atoms with van der Waals surface area (Å²) in [6.07, 6.45) is -1.81. The van der Waals surface area contributed by atoms with Crippen molar-refractivity contribution in [2.24, 2.45) is 5.92 Å². The summed E-state index contributed by atoms with van der Waals surface area (Å²) in [5, 5.41) is 2.96. The number of hydrogen-bond donors (Lipinski definition) is 1. The van der Waals surface area contributed by atoms with Gasteiger partial charge in [0, 0.05) is 43.7 Å². The van der Waals surface area contributed by atoms with Crippen LogP contribution in [0.1, 0.15) is 32.6 Å². The third-order valence-corrected chi connectivity index (χ3v) is 7.79. The Balaban J connectivity index is 1.53. The second-order valence-electron chi connectivity index (χ2n) is 8.19. The van der Waals surface area contributed by atoms with Crippen molar-refractivity contribution in [2.75, 3.05) is 26.7 Å². The number of nitrogens with zero attached hydrogens (tertiary/aromatic N) is 2. The summed E-state index contributed by atoms with van der Waals surface area (Å²) in [5.74, 6) is -0.966. The number of benzene rings is 1. The summed E-state index contributed by atoms with van der Waals surface area (Å²) in [7, 11) is -1.93. The van der Waals surface area contributed by atoms with Gasteiger partial charge in [0.05, 0.1) is 4.90 Å². The number of rotatable bonds is 8. The smallest absolute Gasteiger partial charge is 0.406 e. The van der Waals surface area contributed by atoms with E-state index < -0.39 is 22.1 Å². The molecule has 1 heterocycles. The highest BCUT2D eigenvalue weighted by Crippen LogP contribution is 2.29. The van der Waals surface area contributed by atoms with Gasteiger partial charge in [-0.1, -0.05) is 6.07 Å². The van der Waals surface area contributed by atoms with Gasteiger partial charge in [-0.15, -0.1) is 13.2 Å². The van der Waals surface area contributed by atoms with Crippen LogP contribution in [0.3, 0.4) is 0 Å². The number of halogens is 3. The minimum Gasteiger partial charge on any atom is -0.406 e. The van der Waals surface area contributed by atoms with Crippen molar-refractivity contribution < 1.29 is 31.1 Å². The average molecular weight is 464 g/mol. The van der Waals surface area contributed by atoms with E-state index in [9.17, 15) is 26.4 Å². The Kier molecular flexibility index (Phi) is 7.17. The van der Waals surface area contributed by atoms with Crippen molar-refractivity contribution >= 4 is 15.9 Å². The molecule has 7 nitrogen and oxygen atoms in total. The number of hydrogen-bond acceptors (Lipinski definition) is 5. The minimum absolute atomic E-state index is 0.0892. The molecule has 174 valence electrons. The van der Waals surface area contributed by atoms with E-state index in [-0.39, 0.29) is 35.9 Å². The predicted molar refractivity (Wildman–Crippen MR) is 108 cm³/mol. The van der Waals surface area contributed by atoms with E-state index in [4.69, 9.17) is 0 Å². The highest BCUT2D eigenvalue weighted by atomic mass is 32.2. The lowest BCUT2D eigenvalue weighted by Crippen LogP contribution is -2.46. The molecule has 1 aliphatic carbocycles. The fourth-order valence-electron chi connectivity index (χ4n) is 3.72. The Labute approximate surface area is 180 Å². The molecule has 0 bridgehead atoms. The first-order chi connectivity index (χ1) is 14.5. The zero-order chi connectivity index (χ0) is 22.8. The van der Waals surface area contributed by atoms with Gasteiger partial charge in [-0.3, -0.25) is 9.69 Å². The van der Waals surface area contributed by atoms with Crippen molar-refractivity contribution in [1.82, 2.24) is 14.5 Å². The molecule has 1 aromatic carbocycles. The van der Waals surface area contributed by atoms with Gasteiger partial charge in [0.25, 0.3) is 0 Å². The second-order valence-corrected chi connectivity index (χ2v) is 10.1. The number of alkyl halides is 3. The van der Waals surface area contributed by atoms with Gasteiger partial charge in [-0.2, -0.15) is 4.31 Å². The lowest BCUT2D eigenvalue weighted by atomic mass is 9.97. The summed E-state index contributed by atoms with van der Waals surface area (Å²) in [6, 6.07) is 5.16. The zero-order valence-corrected chi connectivity index (χ0v) is 18.4. The number of sulfonamides is 1. The molecule has 0 spiro atoms. The Morgan fingerprint density at radius 2 is 1.90 bits per heavy atom. The number of carbonyl (C=O) groups excluding carboxylic acids is 1. The predicted octanol–water partition coefficient (Wildman–Crippen LogP) is 2.58. The molecule has 1 amide bonds. The molecule has 1 N–H and O–H groups in total. The average Bonchev–Trinajstić information content (AvgIpc) is 3.55. The van der Waals surface area contributed by atoms with Crippen molar-refractivity contribution in [3.8, 4) is 5.75 Å². The quantitative estimate of drug-likeness (QED) is 0.641. The summed E-state index contributed by atoms with van der Waals surface area (Å²) in [5.41, 5.74) is 0. The highest BCUT2D eigenvalue weighted by molar-refractivity contribution is 7.89. The molecule has 2 fully saturated rings. The van der Waals surface area contributed by atoms with E-state index >= 15 is 0 Å². The van der Waals surface area contributed by atoms with Gasteiger partial charge in [-0.05, 0) is 51.8 Å². The number of amides is 1. The first-order valence-corrected chi connectivity index (χ1v) is 11.8. The lowest BCUT2D eigenvalue weighted by Gasteiger charge is -2.31. The van der Waals surface area contributed by atoms with Gasteiger partial charge >= 0.3 is 6.36 Å². The standard InChI is InChI=1S/C20H28F3N3O4S/c1-14(25(2)16-6-7-16)13-24-19(27)15-8-10-26(11-9-15)31(28,29)18-5-3-4-17(12-18)30-20(21,22)23/h3-5,12,14-16H,6-11,13H2,1-2H3,(H,24,27). The summed E-state index contributed by atoms with van der Waals surface area (Å²) in [6.45, 7) is 2.85. The third kappa shape index (κ3) is 6.33. The van der Waals surface area contributed by atoms with Crippen LogP contribution in [0.5, 0.6) is 5.75 Å². The molecule has 1 saturated carbocycles. The van der Waals surface area contributed by atoms with Crippen molar-refractivity contribution in [1.29, 1.82) is 0 Å². The van der Waals surface area contributed by atoms with E-state index in [1.807, 2.05) is 7.05 Å². The fraction of sp³-hybridized carbons (Fsp3) is 0.650. The molecule has 31 heavy (non-hydrogen) atoms. The molecular weight excluding hydrogens is 435 g/mol. The van der Waals surface area contributed by atoms with Crippen LogP contribution in [-0.2, 0) is 14.8 Å². The van der Waals surface area contributed by atoms with Gasteiger partial charge in [-0.25, -0.2) is 8.42 Å². The Hall–Kier alpha value is -1.85. The maximum absolute atomic E-state index is 12.8. The fourth-order valence-corrected chi connectivity index (χ4v) is 5.22. The van der Waals surface area contributed by atoms with Crippen LogP contribution in [0.4, 0.5) is 13.2 Å². The Bertz CT molecular complexity index is 882. The van der Waals surface area contributed by atoms with Gasteiger partial charge in [0.2, 0.25) is 15.9 Å². The molecule has 11 heteroatoms. The maximum atomic E-state index is 12.8. The molecule has 3 rings (SSSR count). The highest BCUT2D eigenvalue weighted by Gasteiger charge is 2.35. The van der Waals surface area contributed by atoms with Crippen LogP contribution < -0.4 is 10.1 Å². The molecule has 0 radical (unpaired) electrons. The summed E-state index contributed by atoms with van der Waals surface area (Å²) < 4.78 is 67.9. The molecule has 1 aromatic rings. The first kappa shape index (κ1) is 23.8. The number of ether oxygens (including phenoxy) is 1. The second kappa shape index (κ2) is 9.33. The molecule has 1 aliphatic heterocycles. The van der Waals surface area contributed by atoms with E-state index in [0.29, 0.717) is 25.4 Å². The van der Waals surface area contributed by atoms with Gasteiger partial charge in [0.15, 0.2) is 0 Å². The Morgan fingerprint density at radius 1 is 1.26 bits per heavy atom. The van der Waals surface area contributed by atoms with Crippen molar-refractivity contribution in [3.05, 3.63) is 24.3 Å². The third-order valence-electron chi connectivity index (χ3n) is 5.89. The van der Waals surface area contributed by atoms with Crippen LogP contribution in [-0.4, -0.2) is 68.7 Å². The van der Waals surface area contributed by atoms with Crippen LogP contribution in [0, 0.1) is 5.92 Å².